The standard InChI is InChI=1S/C30H31N2/c1-17-12-21-14-18(2)19(3)26-27(21)25(13-17)32-24-15-20(16-30(4,5)6)8-9-22(24)23-10-11-31(7)29(26)28(23)32/h8-15H,16H2,1-7H3/q+1. The first-order chi connectivity index (χ1) is 15.1. The number of benzene rings is 3. The molecule has 3 aromatic heterocycles. The van der Waals surface area contributed by atoms with Crippen LogP contribution in [0, 0.1) is 26.2 Å². The summed E-state index contributed by atoms with van der Waals surface area (Å²) in [5.74, 6) is 0. The van der Waals surface area contributed by atoms with E-state index in [1.165, 1.54) is 71.3 Å². The lowest BCUT2D eigenvalue weighted by Gasteiger charge is -2.18. The summed E-state index contributed by atoms with van der Waals surface area (Å²) in [5.41, 5.74) is 11.0. The van der Waals surface area contributed by atoms with Crippen molar-refractivity contribution in [2.24, 2.45) is 12.5 Å². The normalized spacial score (nSPS) is 13.0. The van der Waals surface area contributed by atoms with Crippen LogP contribution in [0.3, 0.4) is 0 Å². The molecule has 0 saturated heterocycles. The molecule has 0 aliphatic carbocycles. The topological polar surface area (TPSA) is 8.29 Å². The van der Waals surface area contributed by atoms with Crippen molar-refractivity contribution < 1.29 is 4.57 Å². The van der Waals surface area contributed by atoms with E-state index in [0.29, 0.717) is 0 Å². The highest BCUT2D eigenvalue weighted by Crippen LogP contribution is 2.41. The van der Waals surface area contributed by atoms with E-state index in [1.807, 2.05) is 0 Å². The van der Waals surface area contributed by atoms with Crippen LogP contribution < -0.4 is 4.57 Å². The maximum atomic E-state index is 2.54. The molecule has 2 nitrogen and oxygen atoms in total. The van der Waals surface area contributed by atoms with Crippen molar-refractivity contribution in [1.82, 2.24) is 4.40 Å². The van der Waals surface area contributed by atoms with Gasteiger partial charge in [-0.25, -0.2) is 0 Å². The largest absolute Gasteiger partial charge is 0.303 e. The summed E-state index contributed by atoms with van der Waals surface area (Å²) in [6.07, 6.45) is 3.31. The van der Waals surface area contributed by atoms with Crippen LogP contribution in [0.25, 0.3) is 49.0 Å². The molecule has 0 fully saturated rings. The van der Waals surface area contributed by atoms with E-state index in [-0.39, 0.29) is 5.41 Å². The molecule has 3 aromatic carbocycles. The van der Waals surface area contributed by atoms with Crippen molar-refractivity contribution in [2.75, 3.05) is 0 Å². The first-order valence-electron chi connectivity index (χ1n) is 11.6. The zero-order valence-corrected chi connectivity index (χ0v) is 20.2. The number of aromatic nitrogens is 2. The Morgan fingerprint density at radius 3 is 2.38 bits per heavy atom. The maximum absolute atomic E-state index is 2.54. The van der Waals surface area contributed by atoms with Crippen molar-refractivity contribution in [2.45, 2.75) is 48.0 Å². The Hall–Kier alpha value is -3.13. The Morgan fingerprint density at radius 1 is 0.844 bits per heavy atom. The summed E-state index contributed by atoms with van der Waals surface area (Å²) in [6.45, 7) is 13.7. The average Bonchev–Trinajstić information content (AvgIpc) is 3.02. The van der Waals surface area contributed by atoms with E-state index in [2.05, 4.69) is 106 Å². The number of fused-ring (bicyclic) bond motifs is 5. The lowest BCUT2D eigenvalue weighted by molar-refractivity contribution is -0.644. The van der Waals surface area contributed by atoms with Gasteiger partial charge in [0, 0.05) is 22.2 Å². The molecule has 0 amide bonds. The smallest absolute Gasteiger partial charge is 0.238 e. The third-order valence-corrected chi connectivity index (χ3v) is 7.21. The third kappa shape index (κ3) is 2.56. The van der Waals surface area contributed by atoms with Crippen molar-refractivity contribution in [1.29, 1.82) is 0 Å². The Bertz CT molecular complexity index is 1710. The average molecular weight is 420 g/mol. The molecule has 0 N–H and O–H groups in total. The molecule has 6 rings (SSSR count). The Balaban J connectivity index is 1.95. The molecular weight excluding hydrogens is 388 g/mol. The molecule has 0 aliphatic heterocycles. The van der Waals surface area contributed by atoms with E-state index < -0.39 is 0 Å². The van der Waals surface area contributed by atoms with Gasteiger partial charge in [-0.1, -0.05) is 45.0 Å². The third-order valence-electron chi connectivity index (χ3n) is 7.21. The molecule has 0 saturated carbocycles. The van der Waals surface area contributed by atoms with Crippen molar-refractivity contribution >= 4 is 49.0 Å². The van der Waals surface area contributed by atoms with E-state index in [4.69, 9.17) is 0 Å². The van der Waals surface area contributed by atoms with Crippen LogP contribution in [0.15, 0.2) is 48.7 Å². The van der Waals surface area contributed by atoms with Crippen LogP contribution in [0.1, 0.15) is 43.0 Å². The molecule has 0 bridgehead atoms. The highest BCUT2D eigenvalue weighted by Gasteiger charge is 2.25. The summed E-state index contributed by atoms with van der Waals surface area (Å²) in [5, 5.41) is 6.81. The van der Waals surface area contributed by atoms with Gasteiger partial charge < -0.3 is 4.40 Å². The lowest BCUT2D eigenvalue weighted by Crippen LogP contribution is -2.29. The highest BCUT2D eigenvalue weighted by molar-refractivity contribution is 6.26. The zero-order chi connectivity index (χ0) is 22.5. The van der Waals surface area contributed by atoms with Gasteiger partial charge >= 0.3 is 0 Å². The fourth-order valence-electron chi connectivity index (χ4n) is 5.84. The first kappa shape index (κ1) is 19.5. The van der Waals surface area contributed by atoms with E-state index in [1.54, 1.807) is 0 Å². The molecular formula is C30H31N2+. The van der Waals surface area contributed by atoms with Crippen molar-refractivity contribution in [3.8, 4) is 0 Å². The number of rotatable bonds is 1. The maximum Gasteiger partial charge on any atom is 0.238 e. The summed E-state index contributed by atoms with van der Waals surface area (Å²) >= 11 is 0. The van der Waals surface area contributed by atoms with Gasteiger partial charge in [0.05, 0.1) is 16.4 Å². The SMILES string of the molecule is Cc1cc2cc(C)c(C)c3c2c(c1)n1c2cc(CC(C)(C)C)ccc2c2cc[n+](C)c3c21. The van der Waals surface area contributed by atoms with Gasteiger partial charge in [-0.15, -0.1) is 0 Å². The fourth-order valence-corrected chi connectivity index (χ4v) is 5.84. The van der Waals surface area contributed by atoms with Crippen LogP contribution in [-0.4, -0.2) is 4.40 Å². The van der Waals surface area contributed by atoms with Gasteiger partial charge in [0.1, 0.15) is 12.6 Å². The second-order valence-corrected chi connectivity index (χ2v) is 11.0. The van der Waals surface area contributed by atoms with Gasteiger partial charge in [0.15, 0.2) is 6.20 Å². The van der Waals surface area contributed by atoms with E-state index >= 15 is 0 Å². The molecule has 0 aliphatic rings. The van der Waals surface area contributed by atoms with Crippen LogP contribution in [0.5, 0.6) is 0 Å². The Labute approximate surface area is 189 Å². The minimum absolute atomic E-state index is 0.261. The molecule has 0 unspecified atom stereocenters. The Morgan fingerprint density at radius 2 is 1.62 bits per heavy atom. The molecule has 32 heavy (non-hydrogen) atoms. The highest BCUT2D eigenvalue weighted by atomic mass is 15.0. The lowest BCUT2D eigenvalue weighted by atomic mass is 9.88. The molecule has 0 radical (unpaired) electrons. The van der Waals surface area contributed by atoms with Crippen LogP contribution in [-0.2, 0) is 13.5 Å². The van der Waals surface area contributed by atoms with Gasteiger partial charge in [-0.05, 0) is 72.4 Å². The second kappa shape index (κ2) is 6.22. The first-order valence-corrected chi connectivity index (χ1v) is 11.6. The molecule has 160 valence electrons. The van der Waals surface area contributed by atoms with Gasteiger partial charge in [0.2, 0.25) is 5.52 Å². The monoisotopic (exact) mass is 419 g/mol. The number of nitrogens with zero attached hydrogens (tertiary/aromatic N) is 2. The van der Waals surface area contributed by atoms with E-state index in [9.17, 15) is 0 Å². The fraction of sp³-hybridized carbons (Fsp3) is 0.300. The number of pyridine rings is 2. The predicted octanol–water partition coefficient (Wildman–Crippen LogP) is 7.33. The molecule has 6 aromatic rings. The van der Waals surface area contributed by atoms with Crippen LogP contribution in [0.4, 0.5) is 0 Å². The van der Waals surface area contributed by atoms with Crippen LogP contribution in [0.2, 0.25) is 0 Å². The van der Waals surface area contributed by atoms with Crippen molar-refractivity contribution in [3.05, 3.63) is 70.9 Å². The minimum Gasteiger partial charge on any atom is -0.303 e. The van der Waals surface area contributed by atoms with Gasteiger partial charge in [-0.2, -0.15) is 4.57 Å². The van der Waals surface area contributed by atoms with E-state index in [0.717, 1.165) is 6.42 Å². The van der Waals surface area contributed by atoms with Gasteiger partial charge in [-0.3, -0.25) is 0 Å². The quantitative estimate of drug-likeness (QED) is 0.150. The summed E-state index contributed by atoms with van der Waals surface area (Å²) in [7, 11) is 2.19. The summed E-state index contributed by atoms with van der Waals surface area (Å²) < 4.78 is 4.86. The molecule has 0 atom stereocenters. The minimum atomic E-state index is 0.261. The van der Waals surface area contributed by atoms with Crippen molar-refractivity contribution in [3.63, 3.8) is 0 Å². The molecule has 2 heteroatoms. The van der Waals surface area contributed by atoms with Crippen LogP contribution >= 0.6 is 0 Å². The zero-order valence-electron chi connectivity index (χ0n) is 20.2. The Kier molecular flexibility index (Phi) is 3.80. The number of aryl methyl sites for hydroxylation is 4. The number of hydrogen-bond donors (Lipinski definition) is 0. The summed E-state index contributed by atoms with van der Waals surface area (Å²) in [6, 6.07) is 16.5. The van der Waals surface area contributed by atoms with Gasteiger partial charge in [0.25, 0.3) is 0 Å². The molecule has 0 spiro atoms. The number of hydrogen-bond acceptors (Lipinski definition) is 0. The second-order valence-electron chi connectivity index (χ2n) is 11.0. The predicted molar refractivity (Wildman–Crippen MR) is 137 cm³/mol. The molecule has 3 heterocycles. The summed E-state index contributed by atoms with van der Waals surface area (Å²) in [4.78, 5) is 0.